The number of hydrogen-bond acceptors (Lipinski definition) is 6. The molecule has 2 aliphatic heterocycles. The number of sulfonamides is 1. The molecule has 6 rings (SSSR count). The molecule has 1 unspecified atom stereocenters. The summed E-state index contributed by atoms with van der Waals surface area (Å²) in [6, 6.07) is 11.5. The lowest BCUT2D eigenvalue weighted by Gasteiger charge is -2.46. The van der Waals surface area contributed by atoms with Gasteiger partial charge in [-0.3, -0.25) is 4.79 Å². The van der Waals surface area contributed by atoms with Crippen LogP contribution < -0.4 is 14.4 Å². The smallest absolute Gasteiger partial charge is 0.264 e. The molecule has 0 aromatic heterocycles. The average Bonchev–Trinajstić information content (AvgIpc) is 3.10. The van der Waals surface area contributed by atoms with Crippen molar-refractivity contribution >= 4 is 33.2 Å². The second-order valence-electron chi connectivity index (χ2n) is 12.8. The third kappa shape index (κ3) is 5.46. The first-order valence-electron chi connectivity index (χ1n) is 15.2. The van der Waals surface area contributed by atoms with Gasteiger partial charge in [-0.2, -0.15) is 0 Å². The Morgan fingerprint density at radius 1 is 1.14 bits per heavy atom. The van der Waals surface area contributed by atoms with Crippen molar-refractivity contribution in [2.24, 2.45) is 17.8 Å². The Morgan fingerprint density at radius 3 is 2.74 bits per heavy atom. The largest absolute Gasteiger partial charge is 0.490 e. The number of ether oxygens (including phenoxy) is 2. The summed E-state index contributed by atoms with van der Waals surface area (Å²) in [5.74, 6) is 0.710. The van der Waals surface area contributed by atoms with Gasteiger partial charge in [-0.15, -0.1) is 0 Å². The van der Waals surface area contributed by atoms with Crippen LogP contribution in [-0.4, -0.2) is 52.5 Å². The fourth-order valence-electron chi connectivity index (χ4n) is 7.39. The molecule has 7 nitrogen and oxygen atoms in total. The molecule has 0 saturated heterocycles. The number of hydrogen-bond donors (Lipinski definition) is 1. The maximum Gasteiger partial charge on any atom is 0.264 e. The number of anilines is 1. The van der Waals surface area contributed by atoms with Crippen LogP contribution in [0.5, 0.6) is 5.75 Å². The van der Waals surface area contributed by atoms with Gasteiger partial charge in [-0.25, -0.2) is 13.1 Å². The topological polar surface area (TPSA) is 84.9 Å². The predicted octanol–water partition coefficient (Wildman–Crippen LogP) is 5.90. The molecule has 1 amide bonds. The molecule has 9 heteroatoms. The fourth-order valence-corrected chi connectivity index (χ4v) is 8.87. The highest BCUT2D eigenvalue weighted by Crippen LogP contribution is 2.47. The highest BCUT2D eigenvalue weighted by Gasteiger charge is 2.44. The van der Waals surface area contributed by atoms with Crippen molar-refractivity contribution in [3.05, 3.63) is 70.3 Å². The number of carbonyl (C=O) groups is 1. The number of carbonyl (C=O) groups excluding carboxylic acids is 1. The number of methoxy groups -OCH3 is 1. The summed E-state index contributed by atoms with van der Waals surface area (Å²) in [5, 5.41) is 0.00998. The lowest BCUT2D eigenvalue weighted by Crippen LogP contribution is -2.49. The standard InChI is InChI=1S/C33H41ClN2O5S/c1-21-6-4-8-30(40-3)27-12-9-25(27)18-36-19-33(15-5-7-23-16-26(34)11-13-28(23)33)20-41-31-14-10-24(17-29(31)36)32(37)35-42(38,39)22(21)2/h4,8,10-11,13-14,16-17,21-22,25,27,30H,5-7,9,12,15,18-20H2,1-3H3,(H,35,37)/b8-4+/t21-,22+,25-,27?,30-,33-/m0/s1. The highest BCUT2D eigenvalue weighted by molar-refractivity contribution is 7.90. The molecule has 2 aliphatic carbocycles. The van der Waals surface area contributed by atoms with Crippen molar-refractivity contribution in [2.75, 3.05) is 31.7 Å². The second kappa shape index (κ2) is 11.5. The maximum absolute atomic E-state index is 13.4. The molecular formula is C33H41ClN2O5S. The van der Waals surface area contributed by atoms with Crippen LogP contribution in [0.3, 0.4) is 0 Å². The van der Waals surface area contributed by atoms with E-state index in [1.807, 2.05) is 31.2 Å². The number of fused-ring (bicyclic) bond motifs is 4. The molecule has 1 N–H and O–H groups in total. The monoisotopic (exact) mass is 612 g/mol. The van der Waals surface area contributed by atoms with Crippen LogP contribution in [0.15, 0.2) is 48.6 Å². The molecule has 2 aromatic rings. The van der Waals surface area contributed by atoms with Gasteiger partial charge in [0.25, 0.3) is 5.91 Å². The summed E-state index contributed by atoms with van der Waals surface area (Å²) < 4.78 is 41.3. The molecule has 0 radical (unpaired) electrons. The van der Waals surface area contributed by atoms with Gasteiger partial charge in [0.1, 0.15) is 5.75 Å². The van der Waals surface area contributed by atoms with Crippen LogP contribution in [-0.2, 0) is 26.6 Å². The van der Waals surface area contributed by atoms with Crippen LogP contribution in [0.25, 0.3) is 0 Å². The zero-order chi connectivity index (χ0) is 29.6. The summed E-state index contributed by atoms with van der Waals surface area (Å²) in [5.41, 5.74) is 3.48. The zero-order valence-electron chi connectivity index (χ0n) is 24.6. The third-order valence-electron chi connectivity index (χ3n) is 10.3. The number of halogens is 1. The maximum atomic E-state index is 13.4. The molecule has 4 aliphatic rings. The van der Waals surface area contributed by atoms with Gasteiger partial charge in [0.15, 0.2) is 0 Å². The molecule has 2 heterocycles. The van der Waals surface area contributed by atoms with E-state index < -0.39 is 21.2 Å². The first-order valence-corrected chi connectivity index (χ1v) is 17.1. The van der Waals surface area contributed by atoms with Crippen molar-refractivity contribution in [1.29, 1.82) is 0 Å². The van der Waals surface area contributed by atoms with Crippen molar-refractivity contribution in [3.8, 4) is 5.75 Å². The Balaban J connectivity index is 1.43. The number of allylic oxidation sites excluding steroid dienone is 1. The van der Waals surface area contributed by atoms with E-state index in [1.54, 1.807) is 20.1 Å². The molecule has 6 atom stereocenters. The minimum absolute atomic E-state index is 0.0315. The van der Waals surface area contributed by atoms with Gasteiger partial charge in [0.05, 0.1) is 23.6 Å². The normalized spacial score (nSPS) is 33.3. The number of rotatable bonds is 1. The molecular weight excluding hydrogens is 572 g/mol. The summed E-state index contributed by atoms with van der Waals surface area (Å²) in [6.07, 6.45) is 9.93. The van der Waals surface area contributed by atoms with E-state index in [0.29, 0.717) is 30.4 Å². The molecule has 42 heavy (non-hydrogen) atoms. The second-order valence-corrected chi connectivity index (χ2v) is 15.3. The lowest BCUT2D eigenvalue weighted by molar-refractivity contribution is 0.0131. The van der Waals surface area contributed by atoms with Crippen molar-refractivity contribution in [3.63, 3.8) is 0 Å². The first kappa shape index (κ1) is 29.5. The number of benzene rings is 2. The Kier molecular flexibility index (Phi) is 8.09. The fraction of sp³-hybridized carbons (Fsp3) is 0.545. The molecule has 1 saturated carbocycles. The first-order chi connectivity index (χ1) is 20.1. The predicted molar refractivity (Wildman–Crippen MR) is 166 cm³/mol. The third-order valence-corrected chi connectivity index (χ3v) is 12.4. The van der Waals surface area contributed by atoms with Crippen LogP contribution in [0.1, 0.15) is 67.4 Å². The average molecular weight is 613 g/mol. The molecule has 2 bridgehead atoms. The minimum atomic E-state index is -3.88. The van der Waals surface area contributed by atoms with E-state index in [0.717, 1.165) is 61.7 Å². The van der Waals surface area contributed by atoms with E-state index in [-0.39, 0.29) is 17.4 Å². The lowest BCUT2D eigenvalue weighted by atomic mass is 9.68. The summed E-state index contributed by atoms with van der Waals surface area (Å²) in [6.45, 7) is 5.63. The Bertz CT molecular complexity index is 1490. The summed E-state index contributed by atoms with van der Waals surface area (Å²) in [4.78, 5) is 15.7. The molecule has 1 spiro atoms. The van der Waals surface area contributed by atoms with Gasteiger partial charge < -0.3 is 14.4 Å². The number of aryl methyl sites for hydroxylation is 1. The van der Waals surface area contributed by atoms with Crippen molar-refractivity contribution in [2.45, 2.75) is 69.1 Å². The quantitative estimate of drug-likeness (QED) is 0.404. The highest BCUT2D eigenvalue weighted by atomic mass is 35.5. The summed E-state index contributed by atoms with van der Waals surface area (Å²) >= 11 is 6.40. The Hall–Kier alpha value is -2.55. The molecule has 2 aromatic carbocycles. The van der Waals surface area contributed by atoms with Crippen LogP contribution in [0.4, 0.5) is 5.69 Å². The van der Waals surface area contributed by atoms with Crippen LogP contribution in [0.2, 0.25) is 5.02 Å². The number of amides is 1. The van der Waals surface area contributed by atoms with Crippen LogP contribution in [0, 0.1) is 17.8 Å². The van der Waals surface area contributed by atoms with Gasteiger partial charge >= 0.3 is 0 Å². The van der Waals surface area contributed by atoms with E-state index in [4.69, 9.17) is 21.1 Å². The van der Waals surface area contributed by atoms with E-state index >= 15 is 0 Å². The van der Waals surface area contributed by atoms with E-state index in [9.17, 15) is 13.2 Å². The number of nitrogens with zero attached hydrogens (tertiary/aromatic N) is 1. The van der Waals surface area contributed by atoms with Crippen molar-refractivity contribution < 1.29 is 22.7 Å². The summed E-state index contributed by atoms with van der Waals surface area (Å²) in [7, 11) is -2.13. The van der Waals surface area contributed by atoms with E-state index in [2.05, 4.69) is 27.8 Å². The minimum Gasteiger partial charge on any atom is -0.490 e. The zero-order valence-corrected chi connectivity index (χ0v) is 26.2. The van der Waals surface area contributed by atoms with Gasteiger partial charge in [-0.1, -0.05) is 36.7 Å². The Labute approximate surface area is 254 Å². The molecule has 1 fully saturated rings. The molecule has 226 valence electrons. The van der Waals surface area contributed by atoms with Gasteiger partial charge in [0.2, 0.25) is 10.0 Å². The Morgan fingerprint density at radius 2 is 1.98 bits per heavy atom. The van der Waals surface area contributed by atoms with Gasteiger partial charge in [0, 0.05) is 36.2 Å². The van der Waals surface area contributed by atoms with E-state index in [1.165, 1.54) is 11.1 Å². The number of nitrogens with one attached hydrogen (secondary N) is 1. The van der Waals surface area contributed by atoms with Gasteiger partial charge in [-0.05, 0) is 105 Å². The van der Waals surface area contributed by atoms with Crippen LogP contribution >= 0.6 is 11.6 Å². The SMILES string of the molecule is CO[C@H]1/C=C/C[C@H](C)[C@@H](C)S(=O)(=O)NC(=O)c2ccc3c(c2)N(C[C@@H]2CCC21)C[C@@]1(CCCc2cc(Cl)ccc21)CO3. The van der Waals surface area contributed by atoms with Crippen molar-refractivity contribution in [1.82, 2.24) is 4.72 Å².